The number of nitrogens with zero attached hydrogens (tertiary/aromatic N) is 2. The molecule has 1 fully saturated rings. The summed E-state index contributed by atoms with van der Waals surface area (Å²) >= 11 is 3.65. The highest BCUT2D eigenvalue weighted by Gasteiger charge is 2.37. The topological polar surface area (TPSA) is 39.1 Å². The van der Waals surface area contributed by atoms with E-state index < -0.39 is 0 Å². The first-order valence-electron chi connectivity index (χ1n) is 7.05. The lowest BCUT2D eigenvalue weighted by Gasteiger charge is -2.27. The fourth-order valence-corrected chi connectivity index (χ4v) is 3.19. The van der Waals surface area contributed by atoms with Gasteiger partial charge in [0.25, 0.3) is 0 Å². The van der Waals surface area contributed by atoms with E-state index >= 15 is 0 Å². The fraction of sp³-hybridized carbons (Fsp3) is 0.786. The lowest BCUT2D eigenvalue weighted by atomic mass is 10.0. The van der Waals surface area contributed by atoms with Gasteiger partial charge >= 0.3 is 0 Å². The number of ether oxygens (including phenoxy) is 1. The van der Waals surface area contributed by atoms with Gasteiger partial charge in [0.15, 0.2) is 0 Å². The zero-order valence-corrected chi connectivity index (χ0v) is 13.8. The summed E-state index contributed by atoms with van der Waals surface area (Å²) < 4.78 is 9.07. The van der Waals surface area contributed by atoms with Crippen LogP contribution in [0.1, 0.15) is 31.2 Å². The number of aromatic nitrogens is 2. The molecular formula is C14H24BrN3O. The molecule has 0 aromatic carbocycles. The molecule has 0 bridgehead atoms. The van der Waals surface area contributed by atoms with E-state index in [2.05, 4.69) is 33.3 Å². The molecule has 0 saturated heterocycles. The molecule has 1 aromatic heterocycles. The second-order valence-corrected chi connectivity index (χ2v) is 6.12. The molecule has 0 radical (unpaired) electrons. The van der Waals surface area contributed by atoms with E-state index in [4.69, 9.17) is 4.74 Å². The van der Waals surface area contributed by atoms with E-state index in [1.807, 2.05) is 25.7 Å². The van der Waals surface area contributed by atoms with E-state index in [1.54, 1.807) is 0 Å². The molecule has 1 aromatic rings. The second kappa shape index (κ2) is 6.37. The number of halogens is 1. The van der Waals surface area contributed by atoms with Crippen molar-refractivity contribution < 1.29 is 4.74 Å². The molecule has 1 aliphatic rings. The minimum atomic E-state index is 0.317. The molecule has 2 unspecified atom stereocenters. The molecule has 1 heterocycles. The van der Waals surface area contributed by atoms with Gasteiger partial charge in [-0.2, -0.15) is 5.10 Å². The third kappa shape index (κ3) is 3.38. The van der Waals surface area contributed by atoms with Crippen molar-refractivity contribution in [3.05, 3.63) is 15.9 Å². The lowest BCUT2D eigenvalue weighted by molar-refractivity contribution is 0.0206. The Hall–Kier alpha value is -0.390. The Bertz CT molecular complexity index is 429. The Morgan fingerprint density at radius 3 is 2.63 bits per heavy atom. The first-order chi connectivity index (χ1) is 9.08. The van der Waals surface area contributed by atoms with Crippen molar-refractivity contribution in [2.75, 3.05) is 13.7 Å². The van der Waals surface area contributed by atoms with Crippen LogP contribution in [0.2, 0.25) is 0 Å². The SMILES string of the molecule is CCOC(C1CC1)C(Cc1c(Br)c(C)nn1C)NC. The summed E-state index contributed by atoms with van der Waals surface area (Å²) in [6.07, 6.45) is 3.86. The smallest absolute Gasteiger partial charge is 0.0759 e. The average Bonchev–Trinajstić information content (AvgIpc) is 3.17. The summed E-state index contributed by atoms with van der Waals surface area (Å²) in [7, 11) is 4.03. The van der Waals surface area contributed by atoms with Crippen molar-refractivity contribution in [1.82, 2.24) is 15.1 Å². The van der Waals surface area contributed by atoms with Gasteiger partial charge in [-0.3, -0.25) is 4.68 Å². The van der Waals surface area contributed by atoms with Crippen molar-refractivity contribution in [1.29, 1.82) is 0 Å². The zero-order valence-electron chi connectivity index (χ0n) is 12.2. The standard InChI is InChI=1S/C14H24BrN3O/c1-5-19-14(10-6-7-10)11(16-3)8-12-13(15)9(2)17-18(12)4/h10-11,14,16H,5-8H2,1-4H3. The van der Waals surface area contributed by atoms with Gasteiger partial charge in [-0.25, -0.2) is 0 Å². The van der Waals surface area contributed by atoms with Crippen LogP contribution in [0.15, 0.2) is 4.47 Å². The highest BCUT2D eigenvalue weighted by Crippen LogP contribution is 2.37. The van der Waals surface area contributed by atoms with E-state index in [-0.39, 0.29) is 0 Å². The van der Waals surface area contributed by atoms with E-state index in [0.717, 1.165) is 29.1 Å². The maximum Gasteiger partial charge on any atom is 0.0759 e. The van der Waals surface area contributed by atoms with Gasteiger partial charge in [0.05, 0.1) is 22.0 Å². The summed E-state index contributed by atoms with van der Waals surface area (Å²) in [5.41, 5.74) is 2.29. The van der Waals surface area contributed by atoms with E-state index in [9.17, 15) is 0 Å². The molecule has 0 aliphatic heterocycles. The van der Waals surface area contributed by atoms with Gasteiger partial charge in [0.1, 0.15) is 0 Å². The first kappa shape index (κ1) is 15.0. The summed E-state index contributed by atoms with van der Waals surface area (Å²) in [4.78, 5) is 0. The van der Waals surface area contributed by atoms with Gasteiger partial charge in [-0.15, -0.1) is 0 Å². The van der Waals surface area contributed by atoms with Crippen LogP contribution in [0, 0.1) is 12.8 Å². The van der Waals surface area contributed by atoms with E-state index in [0.29, 0.717) is 12.1 Å². The average molecular weight is 330 g/mol. The molecule has 1 saturated carbocycles. The highest BCUT2D eigenvalue weighted by molar-refractivity contribution is 9.10. The predicted octanol–water partition coefficient (Wildman–Crippen LogP) is 2.44. The molecule has 19 heavy (non-hydrogen) atoms. The van der Waals surface area contributed by atoms with Crippen molar-refractivity contribution in [2.45, 2.75) is 45.3 Å². The molecule has 2 atom stereocenters. The van der Waals surface area contributed by atoms with Gasteiger partial charge in [0, 0.05) is 26.1 Å². The summed E-state index contributed by atoms with van der Waals surface area (Å²) in [6, 6.07) is 0.346. The molecule has 2 rings (SSSR count). The van der Waals surface area contributed by atoms with Crippen LogP contribution in [0.4, 0.5) is 0 Å². The van der Waals surface area contributed by atoms with Crippen LogP contribution in [0.25, 0.3) is 0 Å². The highest BCUT2D eigenvalue weighted by atomic mass is 79.9. The van der Waals surface area contributed by atoms with Gasteiger partial charge in [0.2, 0.25) is 0 Å². The largest absolute Gasteiger partial charge is 0.377 e. The Labute approximate surface area is 124 Å². The van der Waals surface area contributed by atoms with Gasteiger partial charge in [-0.05, 0) is 55.6 Å². The van der Waals surface area contributed by atoms with Crippen molar-refractivity contribution in [2.24, 2.45) is 13.0 Å². The van der Waals surface area contributed by atoms with Crippen LogP contribution in [0.3, 0.4) is 0 Å². The van der Waals surface area contributed by atoms with Crippen LogP contribution >= 0.6 is 15.9 Å². The molecule has 0 amide bonds. The number of hydrogen-bond donors (Lipinski definition) is 1. The molecular weight excluding hydrogens is 306 g/mol. The van der Waals surface area contributed by atoms with E-state index in [1.165, 1.54) is 18.5 Å². The molecule has 108 valence electrons. The Kier molecular flexibility index (Phi) is 5.03. The number of hydrogen-bond acceptors (Lipinski definition) is 3. The van der Waals surface area contributed by atoms with Crippen LogP contribution in [-0.2, 0) is 18.2 Å². The quantitative estimate of drug-likeness (QED) is 0.835. The summed E-state index contributed by atoms with van der Waals surface area (Å²) in [6.45, 7) is 4.89. The van der Waals surface area contributed by atoms with Gasteiger partial charge in [-0.1, -0.05) is 0 Å². The maximum absolute atomic E-state index is 5.97. The predicted molar refractivity (Wildman–Crippen MR) is 80.3 cm³/mol. The zero-order chi connectivity index (χ0) is 14.0. The number of likely N-dealkylation sites (N-methyl/N-ethyl adjacent to an activating group) is 1. The van der Waals surface area contributed by atoms with Crippen LogP contribution in [0.5, 0.6) is 0 Å². The summed E-state index contributed by atoms with van der Waals surface area (Å²) in [5.74, 6) is 0.727. The van der Waals surface area contributed by atoms with Crippen molar-refractivity contribution >= 4 is 15.9 Å². The molecule has 0 spiro atoms. The Balaban J connectivity index is 2.13. The molecule has 1 N–H and O–H groups in total. The maximum atomic E-state index is 5.97. The van der Waals surface area contributed by atoms with Gasteiger partial charge < -0.3 is 10.1 Å². The summed E-state index contributed by atoms with van der Waals surface area (Å²) in [5, 5.41) is 7.90. The monoisotopic (exact) mass is 329 g/mol. The third-order valence-corrected chi connectivity index (χ3v) is 4.92. The Morgan fingerprint density at radius 1 is 1.53 bits per heavy atom. The normalized spacial score (nSPS) is 18.6. The van der Waals surface area contributed by atoms with Crippen molar-refractivity contribution in [3.63, 3.8) is 0 Å². The number of rotatable bonds is 7. The Morgan fingerprint density at radius 2 is 2.21 bits per heavy atom. The minimum Gasteiger partial charge on any atom is -0.377 e. The molecule has 5 heteroatoms. The fourth-order valence-electron chi connectivity index (χ4n) is 2.69. The van der Waals surface area contributed by atoms with Crippen LogP contribution < -0.4 is 5.32 Å². The third-order valence-electron chi connectivity index (χ3n) is 3.89. The lowest BCUT2D eigenvalue weighted by Crippen LogP contribution is -2.43. The second-order valence-electron chi connectivity index (χ2n) is 5.33. The van der Waals surface area contributed by atoms with Crippen LogP contribution in [-0.4, -0.2) is 35.6 Å². The minimum absolute atomic E-state index is 0.317. The number of aryl methyl sites for hydroxylation is 2. The molecule has 1 aliphatic carbocycles. The number of nitrogens with one attached hydrogen (secondary N) is 1. The van der Waals surface area contributed by atoms with Crippen molar-refractivity contribution in [3.8, 4) is 0 Å². The molecule has 4 nitrogen and oxygen atoms in total. The first-order valence-corrected chi connectivity index (χ1v) is 7.84.